The molecule has 0 heterocycles. The van der Waals surface area contributed by atoms with Gasteiger partial charge in [0.1, 0.15) is 0 Å². The quantitative estimate of drug-likeness (QED) is 0.286. The second kappa shape index (κ2) is 7.97. The maximum Gasteiger partial charge on any atom is 0.512 e. The Balaban J connectivity index is 4.78. The molecule has 2 unspecified atom stereocenters. The minimum atomic E-state index is -2.34. The van der Waals surface area contributed by atoms with Crippen LogP contribution in [0, 0.1) is 0 Å². The Morgan fingerprint density at radius 1 is 1.25 bits per heavy atom. The Kier molecular flexibility index (Phi) is 7.05. The molecule has 0 bridgehead atoms. The summed E-state index contributed by atoms with van der Waals surface area (Å²) < 4.78 is 22.6. The van der Waals surface area contributed by atoms with E-state index in [-0.39, 0.29) is 13.1 Å². The first-order valence-electron chi connectivity index (χ1n) is 5.60. The van der Waals surface area contributed by atoms with Crippen molar-refractivity contribution in [3.8, 4) is 0 Å². The lowest BCUT2D eigenvalue weighted by molar-refractivity contribution is -0.233. The zero-order chi connectivity index (χ0) is 15.8. The van der Waals surface area contributed by atoms with Gasteiger partial charge in [-0.05, 0) is 6.92 Å². The lowest BCUT2D eigenvalue weighted by Gasteiger charge is -2.25. The van der Waals surface area contributed by atoms with Crippen molar-refractivity contribution in [1.82, 2.24) is 0 Å². The van der Waals surface area contributed by atoms with Crippen molar-refractivity contribution in [3.05, 3.63) is 0 Å². The fraction of sp³-hybridized carbons (Fsp3) is 0.636. The normalized spacial score (nSPS) is 14.2. The molecule has 9 heteroatoms. The minimum absolute atomic E-state index is 0.00506. The number of carbonyl (C=O) groups excluding carboxylic acids is 4. The van der Waals surface area contributed by atoms with E-state index in [2.05, 4.69) is 23.7 Å². The van der Waals surface area contributed by atoms with Gasteiger partial charge in [0.05, 0.1) is 6.61 Å². The van der Waals surface area contributed by atoms with Gasteiger partial charge in [-0.1, -0.05) is 0 Å². The molecule has 0 aromatic rings. The summed E-state index contributed by atoms with van der Waals surface area (Å²) in [4.78, 5) is 44.0. The monoisotopic (exact) mass is 292 g/mol. The highest BCUT2D eigenvalue weighted by molar-refractivity contribution is 5.81. The number of hydrogen-bond donors (Lipinski definition) is 0. The molecule has 0 saturated carbocycles. The number of esters is 2. The van der Waals surface area contributed by atoms with E-state index in [1.807, 2.05) is 0 Å². The average Bonchev–Trinajstić information content (AvgIpc) is 2.27. The van der Waals surface area contributed by atoms with Gasteiger partial charge in [-0.15, -0.1) is 0 Å². The Morgan fingerprint density at radius 2 is 1.85 bits per heavy atom. The molecule has 2 atom stereocenters. The number of rotatable bonds is 7. The van der Waals surface area contributed by atoms with E-state index in [1.165, 1.54) is 13.8 Å². The third-order valence-electron chi connectivity index (χ3n) is 1.79. The van der Waals surface area contributed by atoms with Gasteiger partial charge in [0.15, 0.2) is 0 Å². The smallest absolute Gasteiger partial charge is 0.434 e. The molecule has 0 radical (unpaired) electrons. The van der Waals surface area contributed by atoms with Gasteiger partial charge < -0.3 is 23.7 Å². The molecule has 0 spiro atoms. The highest BCUT2D eigenvalue weighted by Gasteiger charge is 2.43. The highest BCUT2D eigenvalue weighted by atomic mass is 16.8. The number of carbonyl (C=O) groups is 4. The molecule has 20 heavy (non-hydrogen) atoms. The lowest BCUT2D eigenvalue weighted by atomic mass is 10.3. The highest BCUT2D eigenvalue weighted by Crippen LogP contribution is 2.16. The van der Waals surface area contributed by atoms with Crippen LogP contribution in [-0.4, -0.2) is 43.3 Å². The number of hydrogen-bond acceptors (Lipinski definition) is 9. The first-order valence-corrected chi connectivity index (χ1v) is 5.60. The fourth-order valence-electron chi connectivity index (χ4n) is 1.03. The summed E-state index contributed by atoms with van der Waals surface area (Å²) in [5.41, 5.74) is 0. The molecule has 0 aliphatic carbocycles. The zero-order valence-corrected chi connectivity index (χ0v) is 11.5. The Bertz CT molecular complexity index is 378. The van der Waals surface area contributed by atoms with Crippen LogP contribution in [0.3, 0.4) is 0 Å². The summed E-state index contributed by atoms with van der Waals surface area (Å²) in [5, 5.41) is 0. The molecule has 114 valence electrons. The van der Waals surface area contributed by atoms with Crippen LogP contribution in [0.15, 0.2) is 0 Å². The van der Waals surface area contributed by atoms with Crippen LogP contribution in [0.5, 0.6) is 0 Å². The van der Waals surface area contributed by atoms with Gasteiger partial charge in [-0.2, -0.15) is 0 Å². The summed E-state index contributed by atoms with van der Waals surface area (Å²) in [7, 11) is 0. The van der Waals surface area contributed by atoms with Crippen molar-refractivity contribution < 1.29 is 42.9 Å². The van der Waals surface area contributed by atoms with Crippen LogP contribution in [-0.2, 0) is 38.1 Å². The van der Waals surface area contributed by atoms with Crippen LogP contribution in [0.2, 0.25) is 0 Å². The second-order valence-electron chi connectivity index (χ2n) is 3.53. The molecule has 0 saturated heterocycles. The Labute approximate surface area is 115 Å². The Morgan fingerprint density at radius 3 is 2.30 bits per heavy atom. The number of ether oxygens (including phenoxy) is 5. The maximum atomic E-state index is 11.8. The van der Waals surface area contributed by atoms with Crippen LogP contribution in [0.25, 0.3) is 0 Å². The van der Waals surface area contributed by atoms with Crippen LogP contribution in [0.4, 0.5) is 4.79 Å². The molecule has 0 rings (SSSR count). The van der Waals surface area contributed by atoms with Crippen molar-refractivity contribution in [2.45, 2.75) is 39.8 Å². The molecule has 0 aromatic heterocycles. The van der Waals surface area contributed by atoms with Crippen molar-refractivity contribution in [3.63, 3.8) is 0 Å². The van der Waals surface area contributed by atoms with Crippen molar-refractivity contribution in [2.24, 2.45) is 0 Å². The average molecular weight is 292 g/mol. The predicted molar refractivity (Wildman–Crippen MR) is 61.0 cm³/mol. The summed E-state index contributed by atoms with van der Waals surface area (Å²) in [5.74, 6) is -4.27. The van der Waals surface area contributed by atoms with Crippen LogP contribution >= 0.6 is 0 Å². The van der Waals surface area contributed by atoms with Crippen molar-refractivity contribution >= 4 is 24.6 Å². The van der Waals surface area contributed by atoms with Crippen molar-refractivity contribution in [1.29, 1.82) is 0 Å². The first kappa shape index (κ1) is 17.7. The van der Waals surface area contributed by atoms with Gasteiger partial charge in [-0.25, -0.2) is 9.59 Å². The summed E-state index contributed by atoms with van der Waals surface area (Å²) in [6.45, 7) is 4.75. The van der Waals surface area contributed by atoms with Gasteiger partial charge in [0, 0.05) is 20.8 Å². The predicted octanol–water partition coefficient (Wildman–Crippen LogP) is 0.501. The van der Waals surface area contributed by atoms with E-state index < -0.39 is 30.2 Å². The van der Waals surface area contributed by atoms with E-state index in [0.717, 1.165) is 13.8 Å². The molecule has 0 N–H and O–H groups in total. The Hall–Kier alpha value is -2.32. The van der Waals surface area contributed by atoms with E-state index in [0.29, 0.717) is 0 Å². The van der Waals surface area contributed by atoms with Crippen LogP contribution < -0.4 is 0 Å². The van der Waals surface area contributed by atoms with E-state index >= 15 is 0 Å². The molecule has 9 nitrogen and oxygen atoms in total. The molecule has 0 aliphatic heterocycles. The molecular formula is C11H16O9. The van der Waals surface area contributed by atoms with E-state index in [4.69, 9.17) is 0 Å². The standard InChI is InChI=1S/C11H16O9/c1-5-16-10(15)20-11(4,17-6-12)9(14)19-8(3)18-7(2)13/h6,8H,5H2,1-4H3. The third kappa shape index (κ3) is 6.03. The fourth-order valence-corrected chi connectivity index (χ4v) is 1.03. The minimum Gasteiger partial charge on any atom is -0.434 e. The second-order valence-corrected chi connectivity index (χ2v) is 3.53. The third-order valence-corrected chi connectivity index (χ3v) is 1.79. The SMILES string of the molecule is CCOC(=O)OC(C)(OC=O)C(=O)OC(C)OC(C)=O. The van der Waals surface area contributed by atoms with Gasteiger partial charge in [0.25, 0.3) is 6.47 Å². The van der Waals surface area contributed by atoms with Gasteiger partial charge >= 0.3 is 23.9 Å². The molecular weight excluding hydrogens is 276 g/mol. The topological polar surface area (TPSA) is 114 Å². The van der Waals surface area contributed by atoms with Gasteiger partial charge in [-0.3, -0.25) is 9.59 Å². The summed E-state index contributed by atoms with van der Waals surface area (Å²) in [6, 6.07) is 0. The molecule has 0 aromatic carbocycles. The molecule has 0 fully saturated rings. The maximum absolute atomic E-state index is 11.8. The summed E-state index contributed by atoms with van der Waals surface area (Å²) in [6.07, 6.45) is -2.48. The van der Waals surface area contributed by atoms with E-state index in [1.54, 1.807) is 0 Å². The van der Waals surface area contributed by atoms with Crippen LogP contribution in [0.1, 0.15) is 27.7 Å². The van der Waals surface area contributed by atoms with E-state index in [9.17, 15) is 19.2 Å². The largest absolute Gasteiger partial charge is 0.512 e. The first-order chi connectivity index (χ1) is 9.25. The summed E-state index contributed by atoms with van der Waals surface area (Å²) >= 11 is 0. The molecule has 0 aliphatic rings. The molecule has 0 amide bonds. The van der Waals surface area contributed by atoms with Crippen molar-refractivity contribution in [2.75, 3.05) is 6.61 Å². The zero-order valence-electron chi connectivity index (χ0n) is 11.5. The lowest BCUT2D eigenvalue weighted by Crippen LogP contribution is -2.45. The van der Waals surface area contributed by atoms with Gasteiger partial charge in [0.2, 0.25) is 6.29 Å².